The summed E-state index contributed by atoms with van der Waals surface area (Å²) in [4.78, 5) is 0. The summed E-state index contributed by atoms with van der Waals surface area (Å²) < 4.78 is 18.0. The first-order chi connectivity index (χ1) is 11.6. The fraction of sp³-hybridized carbons (Fsp3) is 0.579. The zero-order valence-corrected chi connectivity index (χ0v) is 16.0. The van der Waals surface area contributed by atoms with Crippen molar-refractivity contribution in [1.29, 1.82) is 0 Å². The number of hydrogen-bond acceptors (Lipinski definition) is 4. The van der Waals surface area contributed by atoms with Crippen LogP contribution in [0.15, 0.2) is 42.7 Å². The summed E-state index contributed by atoms with van der Waals surface area (Å²) in [5, 5.41) is 10.4. The van der Waals surface area contributed by atoms with Crippen LogP contribution in [0.4, 0.5) is 0 Å². The predicted octanol–water partition coefficient (Wildman–Crippen LogP) is 3.87. The molecule has 0 saturated carbocycles. The zero-order chi connectivity index (χ0) is 17.4. The lowest BCUT2D eigenvalue weighted by atomic mass is 10.1. The molecule has 1 aromatic carbocycles. The second-order valence-electron chi connectivity index (χ2n) is 6.32. The van der Waals surface area contributed by atoms with Crippen LogP contribution >= 0.6 is 0 Å². The predicted molar refractivity (Wildman–Crippen MR) is 98.2 cm³/mol. The molecule has 0 fully saturated rings. The van der Waals surface area contributed by atoms with Gasteiger partial charge in [-0.25, -0.2) is 0 Å². The van der Waals surface area contributed by atoms with Crippen molar-refractivity contribution in [2.75, 3.05) is 6.61 Å². The summed E-state index contributed by atoms with van der Waals surface area (Å²) in [6.07, 6.45) is 1.97. The van der Waals surface area contributed by atoms with Gasteiger partial charge >= 0.3 is 0 Å². The van der Waals surface area contributed by atoms with Crippen molar-refractivity contribution in [2.24, 2.45) is 0 Å². The average molecular weight is 351 g/mol. The maximum Gasteiger partial charge on any atom is 0.192 e. The van der Waals surface area contributed by atoms with Gasteiger partial charge in [0.1, 0.15) is 18.3 Å². The Kier molecular flexibility index (Phi) is 7.49. The van der Waals surface area contributed by atoms with Gasteiger partial charge in [-0.2, -0.15) is 0 Å². The first kappa shape index (κ1) is 19.2. The highest BCUT2D eigenvalue weighted by Crippen LogP contribution is 2.28. The molecule has 0 saturated heterocycles. The molecular formula is C19H30O4Si. The smallest absolute Gasteiger partial charge is 0.192 e. The molecule has 134 valence electrons. The molecule has 0 aliphatic carbocycles. The second-order valence-corrected chi connectivity index (χ2v) is 11.0. The van der Waals surface area contributed by atoms with E-state index < -0.39 is 14.4 Å². The van der Waals surface area contributed by atoms with E-state index in [0.29, 0.717) is 13.2 Å². The molecule has 0 unspecified atom stereocenters. The van der Waals surface area contributed by atoms with E-state index in [1.807, 2.05) is 30.3 Å². The van der Waals surface area contributed by atoms with Gasteiger partial charge in [0.25, 0.3) is 0 Å². The van der Waals surface area contributed by atoms with Crippen LogP contribution in [0.25, 0.3) is 0 Å². The monoisotopic (exact) mass is 350 g/mol. The lowest BCUT2D eigenvalue weighted by molar-refractivity contribution is -0.0886. The quantitative estimate of drug-likeness (QED) is 0.687. The van der Waals surface area contributed by atoms with Gasteiger partial charge in [0, 0.05) is 0 Å². The Bertz CT molecular complexity index is 493. The third-order valence-electron chi connectivity index (χ3n) is 4.94. The van der Waals surface area contributed by atoms with Crippen LogP contribution < -0.4 is 0 Å². The minimum absolute atomic E-state index is 0.273. The van der Waals surface area contributed by atoms with E-state index in [2.05, 4.69) is 20.8 Å². The number of ether oxygens (including phenoxy) is 2. The number of aliphatic hydroxyl groups excluding tert-OH is 1. The van der Waals surface area contributed by atoms with E-state index in [0.717, 1.165) is 23.7 Å². The summed E-state index contributed by atoms with van der Waals surface area (Å²) in [5.41, 5.74) is 1.13. The maximum absolute atomic E-state index is 10.4. The van der Waals surface area contributed by atoms with Crippen molar-refractivity contribution in [3.63, 3.8) is 0 Å². The minimum Gasteiger partial charge on any atom is -0.493 e. The summed E-state index contributed by atoms with van der Waals surface area (Å²) in [5.74, 6) is 0. The van der Waals surface area contributed by atoms with Gasteiger partial charge in [0.2, 0.25) is 0 Å². The standard InChI is InChI=1S/C19H30O4Si/c1-4-24(5-2,6-3)23-19-17(20)12-13-22-18(19)15-21-14-16-10-8-7-9-11-16/h7-13,17-20H,4-6,14-15H2,1-3H3/t17-,18-,19+/m1/s1. The van der Waals surface area contributed by atoms with Crippen LogP contribution in [0, 0.1) is 0 Å². The highest BCUT2D eigenvalue weighted by molar-refractivity contribution is 6.73. The Labute approximate surface area is 146 Å². The van der Waals surface area contributed by atoms with Crippen LogP contribution in [0.5, 0.6) is 0 Å². The van der Waals surface area contributed by atoms with Crippen LogP contribution in [-0.2, 0) is 20.5 Å². The van der Waals surface area contributed by atoms with Crippen molar-refractivity contribution in [3.8, 4) is 0 Å². The molecule has 0 radical (unpaired) electrons. The Morgan fingerprint density at radius 2 is 1.75 bits per heavy atom. The first-order valence-corrected chi connectivity index (χ1v) is 11.5. The molecule has 0 amide bonds. The first-order valence-electron chi connectivity index (χ1n) is 8.93. The van der Waals surface area contributed by atoms with Gasteiger partial charge in [-0.05, 0) is 29.8 Å². The molecule has 1 heterocycles. The largest absolute Gasteiger partial charge is 0.493 e. The number of aliphatic hydroxyl groups is 1. The van der Waals surface area contributed by atoms with Crippen molar-refractivity contribution in [3.05, 3.63) is 48.2 Å². The molecule has 0 spiro atoms. The number of hydrogen-bond donors (Lipinski definition) is 1. The van der Waals surface area contributed by atoms with Crippen LogP contribution in [0.3, 0.4) is 0 Å². The maximum atomic E-state index is 10.4. The molecule has 4 nitrogen and oxygen atoms in total. The van der Waals surface area contributed by atoms with Crippen LogP contribution in [0.1, 0.15) is 26.3 Å². The molecule has 1 aromatic rings. The summed E-state index contributed by atoms with van der Waals surface area (Å²) in [7, 11) is -1.82. The third kappa shape index (κ3) is 4.93. The van der Waals surface area contributed by atoms with E-state index in [9.17, 15) is 5.11 Å². The molecule has 0 aromatic heterocycles. The molecule has 3 atom stereocenters. The van der Waals surface area contributed by atoms with Crippen molar-refractivity contribution >= 4 is 8.32 Å². The number of benzene rings is 1. The van der Waals surface area contributed by atoms with Gasteiger partial charge in [-0.3, -0.25) is 0 Å². The van der Waals surface area contributed by atoms with Gasteiger partial charge in [0.15, 0.2) is 8.32 Å². The SMILES string of the molecule is CC[Si](CC)(CC)O[C@H]1[C@H](O)C=CO[C@@H]1COCc1ccccc1. The molecule has 1 aliphatic rings. The molecule has 5 heteroatoms. The third-order valence-corrected chi connectivity index (χ3v) is 9.58. The Morgan fingerprint density at radius 3 is 2.38 bits per heavy atom. The summed E-state index contributed by atoms with van der Waals surface area (Å²) in [6.45, 7) is 7.50. The van der Waals surface area contributed by atoms with E-state index in [1.165, 1.54) is 0 Å². The molecule has 24 heavy (non-hydrogen) atoms. The van der Waals surface area contributed by atoms with Gasteiger partial charge < -0.3 is 19.0 Å². The van der Waals surface area contributed by atoms with Crippen LogP contribution in [-0.4, -0.2) is 38.3 Å². The molecular weight excluding hydrogens is 320 g/mol. The molecule has 2 rings (SSSR count). The highest BCUT2D eigenvalue weighted by atomic mass is 28.4. The lowest BCUT2D eigenvalue weighted by Gasteiger charge is -2.39. The van der Waals surface area contributed by atoms with E-state index in [1.54, 1.807) is 12.3 Å². The average Bonchev–Trinajstić information content (AvgIpc) is 2.63. The van der Waals surface area contributed by atoms with Gasteiger partial charge in [-0.15, -0.1) is 0 Å². The summed E-state index contributed by atoms with van der Waals surface area (Å²) >= 11 is 0. The van der Waals surface area contributed by atoms with Gasteiger partial charge in [-0.1, -0.05) is 51.1 Å². The Morgan fingerprint density at radius 1 is 1.08 bits per heavy atom. The minimum atomic E-state index is -1.82. The lowest BCUT2D eigenvalue weighted by Crippen LogP contribution is -2.52. The van der Waals surface area contributed by atoms with Crippen molar-refractivity contribution < 1.29 is 19.0 Å². The normalized spacial score (nSPS) is 23.9. The zero-order valence-electron chi connectivity index (χ0n) is 15.0. The topological polar surface area (TPSA) is 47.9 Å². The fourth-order valence-corrected chi connectivity index (χ4v) is 5.94. The van der Waals surface area contributed by atoms with Crippen LogP contribution in [0.2, 0.25) is 18.1 Å². The highest BCUT2D eigenvalue weighted by Gasteiger charge is 2.39. The van der Waals surface area contributed by atoms with E-state index >= 15 is 0 Å². The van der Waals surface area contributed by atoms with Crippen molar-refractivity contribution in [1.82, 2.24) is 0 Å². The van der Waals surface area contributed by atoms with Gasteiger partial charge in [0.05, 0.1) is 19.5 Å². The van der Waals surface area contributed by atoms with E-state index in [4.69, 9.17) is 13.9 Å². The Hall–Kier alpha value is -1.14. The summed E-state index contributed by atoms with van der Waals surface area (Å²) in [6, 6.07) is 13.2. The Balaban J connectivity index is 1.97. The molecule has 1 N–H and O–H groups in total. The van der Waals surface area contributed by atoms with E-state index in [-0.39, 0.29) is 12.2 Å². The fourth-order valence-electron chi connectivity index (χ4n) is 3.07. The molecule has 1 aliphatic heterocycles. The second kappa shape index (κ2) is 9.37. The number of rotatable bonds is 9. The van der Waals surface area contributed by atoms with Crippen molar-refractivity contribution in [2.45, 2.75) is 63.8 Å². The molecule has 0 bridgehead atoms.